The predicted molar refractivity (Wildman–Crippen MR) is 143 cm³/mol. The Bertz CT molecular complexity index is 1450. The molecule has 1 aliphatic carbocycles. The van der Waals surface area contributed by atoms with Crippen LogP contribution in [0.4, 0.5) is 26.4 Å². The van der Waals surface area contributed by atoms with Gasteiger partial charge in [-0.3, -0.25) is 0 Å². The maximum absolute atomic E-state index is 14.1. The minimum absolute atomic E-state index is 0.0705. The molecule has 3 aromatic rings. The Morgan fingerprint density at radius 2 is 1.89 bits per heavy atom. The molecule has 198 valence electrons. The molecule has 37 heavy (non-hydrogen) atoms. The lowest BCUT2D eigenvalue weighted by Crippen LogP contribution is -2.50. The molecule has 1 heterocycles. The normalized spacial score (nSPS) is 17.6. The summed E-state index contributed by atoms with van der Waals surface area (Å²) in [6.45, 7) is 7.32. The zero-order chi connectivity index (χ0) is 27.0. The lowest BCUT2D eigenvalue weighted by atomic mass is 9.89. The fourth-order valence-corrected chi connectivity index (χ4v) is 4.65. The zero-order valence-electron chi connectivity index (χ0n) is 21.8. The molecule has 0 spiro atoms. The largest absolute Gasteiger partial charge is 0.488 e. The number of anilines is 2. The van der Waals surface area contributed by atoms with Crippen LogP contribution >= 0.6 is 0 Å². The molecule has 1 aliphatic rings. The van der Waals surface area contributed by atoms with Crippen molar-refractivity contribution in [2.24, 2.45) is 4.36 Å². The Labute approximate surface area is 216 Å². The van der Waals surface area contributed by atoms with E-state index in [1.165, 1.54) is 18.5 Å². The van der Waals surface area contributed by atoms with Crippen LogP contribution in [0.15, 0.2) is 41.0 Å². The number of fused-ring (bicyclic) bond motifs is 1. The van der Waals surface area contributed by atoms with Crippen LogP contribution in [0.2, 0.25) is 0 Å². The van der Waals surface area contributed by atoms with Gasteiger partial charge in [-0.1, -0.05) is 0 Å². The van der Waals surface area contributed by atoms with Gasteiger partial charge in [-0.2, -0.15) is 4.36 Å². The molecule has 0 saturated heterocycles. The molecule has 1 fully saturated rings. The van der Waals surface area contributed by atoms with E-state index < -0.39 is 27.2 Å². The van der Waals surface area contributed by atoms with Gasteiger partial charge in [0.25, 0.3) is 0 Å². The van der Waals surface area contributed by atoms with Crippen molar-refractivity contribution in [3.05, 3.63) is 48.0 Å². The number of benzene rings is 2. The van der Waals surface area contributed by atoms with Gasteiger partial charge in [0.05, 0.1) is 16.9 Å². The average molecular weight is 530 g/mol. The second-order valence-electron chi connectivity index (χ2n) is 10.5. The van der Waals surface area contributed by atoms with Crippen molar-refractivity contribution in [2.45, 2.75) is 58.3 Å². The number of hydrogen-bond acceptors (Lipinski definition) is 8. The SMILES string of the molecule is Cc1cc(N=S(C)(C)=O)cc2ncnc(Nc3ccc(F)cc3OC3CC(NC(=O)OC(C)(C)C)C3)c12. The lowest BCUT2D eigenvalue weighted by Gasteiger charge is -2.36. The number of nitrogens with one attached hydrogen (secondary N) is 2. The molecular weight excluding hydrogens is 497 g/mol. The first-order chi connectivity index (χ1) is 17.3. The first-order valence-corrected chi connectivity index (χ1v) is 14.2. The van der Waals surface area contributed by atoms with E-state index in [1.807, 2.05) is 33.8 Å². The molecule has 2 aromatic carbocycles. The van der Waals surface area contributed by atoms with Crippen LogP contribution in [-0.4, -0.2) is 50.5 Å². The van der Waals surface area contributed by atoms with Gasteiger partial charge >= 0.3 is 6.09 Å². The summed E-state index contributed by atoms with van der Waals surface area (Å²) in [4.78, 5) is 20.7. The standard InChI is InChI=1S/C26H32FN5O4S/c1-15-9-18(32-37(5,6)34)13-21-23(15)24(29-14-28-21)31-20-8-7-16(27)10-22(20)35-19-11-17(12-19)30-25(33)36-26(2,3)4/h7-10,13-14,17,19H,11-12H2,1-6H3,(H,30,33)(H,28,29,31). The van der Waals surface area contributed by atoms with Gasteiger partial charge in [0, 0.05) is 52.6 Å². The Hall–Kier alpha value is -3.47. The first-order valence-electron chi connectivity index (χ1n) is 11.9. The third-order valence-electron chi connectivity index (χ3n) is 5.55. The van der Waals surface area contributed by atoms with Crippen LogP contribution in [0.5, 0.6) is 5.75 Å². The molecule has 1 aromatic heterocycles. The van der Waals surface area contributed by atoms with Crippen LogP contribution in [-0.2, 0) is 14.5 Å². The highest BCUT2D eigenvalue weighted by atomic mass is 32.2. The summed E-state index contributed by atoms with van der Waals surface area (Å²) in [6.07, 6.45) is 5.08. The summed E-state index contributed by atoms with van der Waals surface area (Å²) in [5.41, 5.74) is 2.04. The number of rotatable bonds is 6. The smallest absolute Gasteiger partial charge is 0.407 e. The zero-order valence-corrected chi connectivity index (χ0v) is 22.6. The molecular formula is C26H32FN5O4S. The number of alkyl carbamates (subject to hydrolysis) is 1. The molecule has 1 amide bonds. The van der Waals surface area contributed by atoms with Gasteiger partial charge in [-0.15, -0.1) is 0 Å². The summed E-state index contributed by atoms with van der Waals surface area (Å²) in [6, 6.07) is 7.78. The van der Waals surface area contributed by atoms with E-state index in [0.29, 0.717) is 41.3 Å². The van der Waals surface area contributed by atoms with Gasteiger partial charge in [0.1, 0.15) is 35.4 Å². The van der Waals surface area contributed by atoms with Crippen molar-refractivity contribution in [3.8, 4) is 5.75 Å². The molecule has 0 atom stereocenters. The maximum Gasteiger partial charge on any atom is 0.407 e. The fourth-order valence-electron chi connectivity index (χ4n) is 4.03. The van der Waals surface area contributed by atoms with E-state index in [0.717, 1.165) is 10.9 Å². The summed E-state index contributed by atoms with van der Waals surface area (Å²) in [5.74, 6) is 0.437. The van der Waals surface area contributed by atoms with Crippen LogP contribution in [0.25, 0.3) is 10.9 Å². The van der Waals surface area contributed by atoms with Gasteiger partial charge in [-0.25, -0.2) is 23.4 Å². The molecule has 9 nitrogen and oxygen atoms in total. The van der Waals surface area contributed by atoms with Gasteiger partial charge in [0.15, 0.2) is 0 Å². The van der Waals surface area contributed by atoms with E-state index in [2.05, 4.69) is 25.0 Å². The Balaban J connectivity index is 1.51. The third-order valence-corrected chi connectivity index (χ3v) is 6.20. The number of hydrogen-bond donors (Lipinski definition) is 2. The maximum atomic E-state index is 14.1. The summed E-state index contributed by atoms with van der Waals surface area (Å²) >= 11 is 0. The number of amides is 1. The number of ether oxygens (including phenoxy) is 2. The number of carbonyl (C=O) groups excluding carboxylic acids is 1. The van der Waals surface area contributed by atoms with E-state index in [9.17, 15) is 13.4 Å². The van der Waals surface area contributed by atoms with Gasteiger partial charge in [-0.05, 0) is 57.5 Å². The molecule has 0 bridgehead atoms. The van der Waals surface area contributed by atoms with Crippen LogP contribution in [0.1, 0.15) is 39.2 Å². The molecule has 0 aliphatic heterocycles. The number of aromatic nitrogens is 2. The Morgan fingerprint density at radius 1 is 1.16 bits per heavy atom. The molecule has 0 unspecified atom stereocenters. The van der Waals surface area contributed by atoms with Crippen molar-refractivity contribution >= 4 is 43.9 Å². The van der Waals surface area contributed by atoms with E-state index in [1.54, 1.807) is 24.6 Å². The highest BCUT2D eigenvalue weighted by molar-refractivity contribution is 7.92. The second kappa shape index (κ2) is 10.1. The number of carbonyl (C=O) groups is 1. The molecule has 0 radical (unpaired) electrons. The quantitative estimate of drug-likeness (QED) is 0.426. The third kappa shape index (κ3) is 7.06. The molecule has 2 N–H and O–H groups in total. The Kier molecular flexibility index (Phi) is 7.27. The highest BCUT2D eigenvalue weighted by Crippen LogP contribution is 2.36. The van der Waals surface area contributed by atoms with Crippen LogP contribution in [0, 0.1) is 12.7 Å². The van der Waals surface area contributed by atoms with Crippen LogP contribution in [0.3, 0.4) is 0 Å². The number of halogens is 1. The van der Waals surface area contributed by atoms with E-state index >= 15 is 0 Å². The van der Waals surface area contributed by atoms with E-state index in [4.69, 9.17) is 9.47 Å². The molecule has 1 saturated carbocycles. The lowest BCUT2D eigenvalue weighted by molar-refractivity contribution is 0.0363. The van der Waals surface area contributed by atoms with E-state index in [-0.39, 0.29) is 12.1 Å². The van der Waals surface area contributed by atoms with Gasteiger partial charge in [0.2, 0.25) is 0 Å². The van der Waals surface area contributed by atoms with Crippen LogP contribution < -0.4 is 15.4 Å². The van der Waals surface area contributed by atoms with Crippen molar-refractivity contribution in [2.75, 3.05) is 17.8 Å². The average Bonchev–Trinajstić information content (AvgIpc) is 2.71. The highest BCUT2D eigenvalue weighted by Gasteiger charge is 2.33. The molecule has 11 heteroatoms. The Morgan fingerprint density at radius 3 is 2.57 bits per heavy atom. The monoisotopic (exact) mass is 529 g/mol. The predicted octanol–water partition coefficient (Wildman–Crippen LogP) is 5.61. The van der Waals surface area contributed by atoms with Crippen molar-refractivity contribution in [1.29, 1.82) is 0 Å². The minimum atomic E-state index is -2.32. The summed E-state index contributed by atoms with van der Waals surface area (Å²) in [7, 11) is -2.32. The summed E-state index contributed by atoms with van der Waals surface area (Å²) in [5, 5.41) is 6.84. The topological polar surface area (TPSA) is 115 Å². The first kappa shape index (κ1) is 26.6. The van der Waals surface area contributed by atoms with Crippen molar-refractivity contribution in [3.63, 3.8) is 0 Å². The fraction of sp³-hybridized carbons (Fsp3) is 0.423. The van der Waals surface area contributed by atoms with Crippen molar-refractivity contribution < 1.29 is 22.9 Å². The summed E-state index contributed by atoms with van der Waals surface area (Å²) < 4.78 is 41.9. The number of aryl methyl sites for hydroxylation is 1. The molecule has 4 rings (SSSR count). The minimum Gasteiger partial charge on any atom is -0.488 e. The van der Waals surface area contributed by atoms with Gasteiger partial charge < -0.3 is 20.1 Å². The van der Waals surface area contributed by atoms with Crippen molar-refractivity contribution in [1.82, 2.24) is 15.3 Å². The second-order valence-corrected chi connectivity index (χ2v) is 13.0. The number of nitrogens with zero attached hydrogens (tertiary/aromatic N) is 3.